The largest absolute Gasteiger partial charge is 0.483 e. The normalized spacial score (nSPS) is 26.6. The Morgan fingerprint density at radius 3 is 1.50 bits per heavy atom. The van der Waals surface area contributed by atoms with E-state index in [-0.39, 0.29) is 12.1 Å². The molecule has 0 bridgehead atoms. The van der Waals surface area contributed by atoms with Gasteiger partial charge in [-0.15, -0.1) is 0 Å². The third-order valence-electron chi connectivity index (χ3n) is 2.33. The minimum atomic E-state index is 0.0257. The fraction of sp³-hybridized carbons (Fsp3) is 0.800. The molecule has 1 aliphatic rings. The van der Waals surface area contributed by atoms with Crippen LogP contribution in [0.15, 0.2) is 9.98 Å². The van der Waals surface area contributed by atoms with Crippen molar-refractivity contribution in [3.63, 3.8) is 0 Å². The van der Waals surface area contributed by atoms with Gasteiger partial charge in [0.05, 0.1) is 14.2 Å². The van der Waals surface area contributed by atoms with E-state index in [4.69, 9.17) is 9.47 Å². The maximum Gasteiger partial charge on any atom is 0.209 e. The van der Waals surface area contributed by atoms with E-state index < -0.39 is 0 Å². The Labute approximate surface area is 85.0 Å². The summed E-state index contributed by atoms with van der Waals surface area (Å²) >= 11 is 0. The lowest BCUT2D eigenvalue weighted by molar-refractivity contribution is 0.344. The standard InChI is InChI=1S/C10H18N2O2/c1-5-7-9(13-3)12-8(6-2)10(11-7)14-4/h7-8H,5-6H2,1-4H3/t7-,8?/m0/s1. The number of rotatable bonds is 2. The summed E-state index contributed by atoms with van der Waals surface area (Å²) in [6.07, 6.45) is 1.77. The van der Waals surface area contributed by atoms with Crippen LogP contribution in [0.1, 0.15) is 26.7 Å². The highest BCUT2D eigenvalue weighted by Gasteiger charge is 2.26. The van der Waals surface area contributed by atoms with Gasteiger partial charge < -0.3 is 9.47 Å². The lowest BCUT2D eigenvalue weighted by atomic mass is 10.1. The zero-order chi connectivity index (χ0) is 10.6. The minimum absolute atomic E-state index is 0.0257. The number of methoxy groups -OCH3 is 2. The van der Waals surface area contributed by atoms with Gasteiger partial charge in [-0.3, -0.25) is 0 Å². The molecule has 0 spiro atoms. The Kier molecular flexibility index (Phi) is 3.92. The van der Waals surface area contributed by atoms with Crippen LogP contribution in [-0.4, -0.2) is 38.1 Å². The SMILES string of the molecule is CCC1N=C(OC)[C@H](CC)N=C1OC. The second-order valence-corrected chi connectivity index (χ2v) is 3.19. The van der Waals surface area contributed by atoms with Gasteiger partial charge in [-0.25, -0.2) is 9.98 Å². The molecule has 0 saturated carbocycles. The Morgan fingerprint density at radius 1 is 0.929 bits per heavy atom. The predicted octanol–water partition coefficient (Wildman–Crippen LogP) is 1.65. The average Bonchev–Trinajstić information content (AvgIpc) is 2.26. The highest BCUT2D eigenvalue weighted by molar-refractivity contribution is 5.93. The van der Waals surface area contributed by atoms with Gasteiger partial charge in [-0.2, -0.15) is 0 Å². The summed E-state index contributed by atoms with van der Waals surface area (Å²) in [6.45, 7) is 4.12. The first kappa shape index (κ1) is 11.0. The van der Waals surface area contributed by atoms with Crippen LogP contribution >= 0.6 is 0 Å². The maximum atomic E-state index is 5.21. The van der Waals surface area contributed by atoms with E-state index >= 15 is 0 Å². The lowest BCUT2D eigenvalue weighted by Gasteiger charge is -2.23. The molecule has 0 N–H and O–H groups in total. The summed E-state index contributed by atoms with van der Waals surface area (Å²) < 4.78 is 10.4. The zero-order valence-corrected chi connectivity index (χ0v) is 9.28. The molecule has 0 aromatic carbocycles. The van der Waals surface area contributed by atoms with Crippen LogP contribution in [0.2, 0.25) is 0 Å². The van der Waals surface area contributed by atoms with Gasteiger partial charge in [0.25, 0.3) is 0 Å². The number of hydrogen-bond donors (Lipinski definition) is 0. The average molecular weight is 198 g/mol. The van der Waals surface area contributed by atoms with Gasteiger partial charge in [0.15, 0.2) is 0 Å². The van der Waals surface area contributed by atoms with Crippen molar-refractivity contribution in [2.45, 2.75) is 38.8 Å². The molecule has 0 aromatic rings. The van der Waals surface area contributed by atoms with Crippen LogP contribution in [0.3, 0.4) is 0 Å². The highest BCUT2D eigenvalue weighted by Crippen LogP contribution is 2.15. The van der Waals surface area contributed by atoms with Gasteiger partial charge in [0.1, 0.15) is 12.1 Å². The summed E-state index contributed by atoms with van der Waals surface area (Å²) in [4.78, 5) is 8.92. The first-order valence-electron chi connectivity index (χ1n) is 5.00. The monoisotopic (exact) mass is 198 g/mol. The van der Waals surface area contributed by atoms with Gasteiger partial charge in [0, 0.05) is 0 Å². The number of aliphatic imine (C=N–C) groups is 2. The molecule has 80 valence electrons. The minimum Gasteiger partial charge on any atom is -0.483 e. The molecule has 4 nitrogen and oxygen atoms in total. The number of nitrogens with zero attached hydrogens (tertiary/aromatic N) is 2. The van der Waals surface area contributed by atoms with Gasteiger partial charge in [-0.05, 0) is 12.8 Å². The molecule has 0 radical (unpaired) electrons. The van der Waals surface area contributed by atoms with Crippen LogP contribution in [-0.2, 0) is 9.47 Å². The molecule has 0 aromatic heterocycles. The summed E-state index contributed by atoms with van der Waals surface area (Å²) in [5.41, 5.74) is 0. The number of ether oxygens (including phenoxy) is 2. The van der Waals surface area contributed by atoms with Crippen LogP contribution in [0.5, 0.6) is 0 Å². The molecular weight excluding hydrogens is 180 g/mol. The van der Waals surface area contributed by atoms with E-state index in [0.29, 0.717) is 0 Å². The molecule has 1 aliphatic heterocycles. The molecule has 0 aliphatic carbocycles. The van der Waals surface area contributed by atoms with Crippen molar-refractivity contribution in [2.75, 3.05) is 14.2 Å². The van der Waals surface area contributed by atoms with E-state index in [1.54, 1.807) is 14.2 Å². The van der Waals surface area contributed by atoms with E-state index in [9.17, 15) is 0 Å². The molecule has 0 fully saturated rings. The molecule has 1 heterocycles. The fourth-order valence-electron chi connectivity index (χ4n) is 1.50. The van der Waals surface area contributed by atoms with Crippen LogP contribution < -0.4 is 0 Å². The van der Waals surface area contributed by atoms with Crippen LogP contribution in [0, 0.1) is 0 Å². The lowest BCUT2D eigenvalue weighted by Crippen LogP contribution is -2.34. The third-order valence-corrected chi connectivity index (χ3v) is 2.33. The van der Waals surface area contributed by atoms with E-state index in [1.165, 1.54) is 0 Å². The molecule has 1 rings (SSSR count). The Bertz CT molecular complexity index is 223. The van der Waals surface area contributed by atoms with Crippen molar-refractivity contribution < 1.29 is 9.47 Å². The van der Waals surface area contributed by atoms with Gasteiger partial charge >= 0.3 is 0 Å². The van der Waals surface area contributed by atoms with Crippen molar-refractivity contribution in [2.24, 2.45) is 9.98 Å². The first-order chi connectivity index (χ1) is 6.76. The Morgan fingerprint density at radius 2 is 1.29 bits per heavy atom. The molecule has 2 atom stereocenters. The maximum absolute atomic E-state index is 5.21. The molecule has 0 amide bonds. The molecule has 4 heteroatoms. The highest BCUT2D eigenvalue weighted by atomic mass is 16.5. The summed E-state index contributed by atoms with van der Waals surface area (Å²) in [5.74, 6) is 1.44. The van der Waals surface area contributed by atoms with Crippen LogP contribution in [0.4, 0.5) is 0 Å². The fourth-order valence-corrected chi connectivity index (χ4v) is 1.50. The topological polar surface area (TPSA) is 43.2 Å². The van der Waals surface area contributed by atoms with E-state index in [0.717, 1.165) is 24.6 Å². The second-order valence-electron chi connectivity index (χ2n) is 3.19. The predicted molar refractivity (Wildman–Crippen MR) is 57.0 cm³/mol. The molecule has 1 unspecified atom stereocenters. The third kappa shape index (κ3) is 2.05. The second kappa shape index (κ2) is 4.98. The van der Waals surface area contributed by atoms with Gasteiger partial charge in [-0.1, -0.05) is 13.8 Å². The number of hydrogen-bond acceptors (Lipinski definition) is 4. The first-order valence-corrected chi connectivity index (χ1v) is 5.00. The van der Waals surface area contributed by atoms with E-state index in [2.05, 4.69) is 23.8 Å². The summed E-state index contributed by atoms with van der Waals surface area (Å²) in [5, 5.41) is 0. The van der Waals surface area contributed by atoms with Crippen molar-refractivity contribution in [3.8, 4) is 0 Å². The Balaban J connectivity index is 2.86. The van der Waals surface area contributed by atoms with Crippen molar-refractivity contribution in [1.29, 1.82) is 0 Å². The zero-order valence-electron chi connectivity index (χ0n) is 9.28. The molecular formula is C10H18N2O2. The van der Waals surface area contributed by atoms with Crippen molar-refractivity contribution >= 4 is 11.8 Å². The summed E-state index contributed by atoms with van der Waals surface area (Å²) in [7, 11) is 3.28. The van der Waals surface area contributed by atoms with Crippen molar-refractivity contribution in [3.05, 3.63) is 0 Å². The molecule has 14 heavy (non-hydrogen) atoms. The quantitative estimate of drug-likeness (QED) is 0.677. The van der Waals surface area contributed by atoms with E-state index in [1.807, 2.05) is 0 Å². The molecule has 0 saturated heterocycles. The Hall–Kier alpha value is -1.06. The van der Waals surface area contributed by atoms with Gasteiger partial charge in [0.2, 0.25) is 11.8 Å². The van der Waals surface area contributed by atoms with Crippen LogP contribution in [0.25, 0.3) is 0 Å². The smallest absolute Gasteiger partial charge is 0.209 e. The van der Waals surface area contributed by atoms with Crippen molar-refractivity contribution in [1.82, 2.24) is 0 Å². The summed E-state index contributed by atoms with van der Waals surface area (Å²) in [6, 6.07) is 0.0514.